The molecule has 0 aliphatic rings. The summed E-state index contributed by atoms with van der Waals surface area (Å²) < 4.78 is 0. The van der Waals surface area contributed by atoms with Crippen molar-refractivity contribution in [3.05, 3.63) is 0 Å². The molecule has 0 atom stereocenters. The van der Waals surface area contributed by atoms with Crippen molar-refractivity contribution >= 4 is 34.6 Å². The van der Waals surface area contributed by atoms with Crippen molar-refractivity contribution in [2.24, 2.45) is 0 Å². The van der Waals surface area contributed by atoms with Crippen LogP contribution >= 0.6 is 0 Å². The van der Waals surface area contributed by atoms with Gasteiger partial charge in [-0.2, -0.15) is 0 Å². The molecule has 0 aliphatic heterocycles. The molecular weight excluding hydrogens is 344 g/mol. The molecule has 0 aromatic heterocycles. The standard InChI is InChI=1S/BH3.Bi.Co.Zn.3H/h1H3;;;;;;. The zero-order chi connectivity index (χ0) is 0. The zero-order valence-electron chi connectivity index (χ0n) is 1.75. The largest absolute Gasteiger partial charge is 0 e. The molecule has 0 bridgehead atoms. The van der Waals surface area contributed by atoms with Gasteiger partial charge in [-0.25, -0.2) is 0 Å². The van der Waals surface area contributed by atoms with Gasteiger partial charge in [0.15, 0.2) is 0 Å². The molecule has 0 fully saturated rings. The van der Waals surface area contributed by atoms with Crippen LogP contribution in [0.3, 0.4) is 0 Å². The molecule has 4 heteroatoms. The summed E-state index contributed by atoms with van der Waals surface area (Å²) in [5, 5.41) is 0. The molecule has 0 aromatic carbocycles. The Labute approximate surface area is 70.1 Å². The van der Waals surface area contributed by atoms with Gasteiger partial charge >= 0.3 is 26.2 Å². The summed E-state index contributed by atoms with van der Waals surface area (Å²) in [5.74, 6) is 0. The van der Waals surface area contributed by atoms with Crippen LogP contribution in [0.15, 0.2) is 0 Å². The Morgan fingerprint density at radius 1 is 1.00 bits per heavy atom. The second-order valence-corrected chi connectivity index (χ2v) is 0. The smallest absolute Gasteiger partial charge is 0 e. The van der Waals surface area contributed by atoms with Crippen molar-refractivity contribution in [2.75, 3.05) is 0 Å². The Morgan fingerprint density at radius 3 is 1.00 bits per heavy atom. The normalized spacial score (nSPS) is 0. The van der Waals surface area contributed by atoms with Gasteiger partial charge in [0.2, 0.25) is 0 Å². The van der Waals surface area contributed by atoms with Gasteiger partial charge in [0.1, 0.15) is 0 Å². The van der Waals surface area contributed by atoms with E-state index in [-0.39, 0.29) is 70.9 Å². The Morgan fingerprint density at radius 2 is 1.00 bits per heavy atom. The number of rotatable bonds is 0. The van der Waals surface area contributed by atoms with Crippen molar-refractivity contribution in [2.45, 2.75) is 0 Å². The van der Waals surface area contributed by atoms with Crippen LogP contribution in [-0.2, 0) is 36.3 Å². The van der Waals surface area contributed by atoms with E-state index in [0.29, 0.717) is 0 Å². The van der Waals surface area contributed by atoms with E-state index in [4.69, 9.17) is 0 Å². The van der Waals surface area contributed by atoms with Crippen molar-refractivity contribution in [3.63, 3.8) is 0 Å². The van der Waals surface area contributed by atoms with Crippen molar-refractivity contribution < 1.29 is 36.3 Å². The Hall–Kier alpha value is 2.08. The summed E-state index contributed by atoms with van der Waals surface area (Å²) in [6.07, 6.45) is 0. The molecular formula is H6BBiCoZn. The molecule has 0 spiro atoms. The van der Waals surface area contributed by atoms with Crippen LogP contribution < -0.4 is 0 Å². The molecule has 1 radical (unpaired) electrons. The molecule has 0 aromatic rings. The third-order valence-corrected chi connectivity index (χ3v) is 0. The van der Waals surface area contributed by atoms with Crippen molar-refractivity contribution in [3.8, 4) is 0 Å². The molecule has 0 saturated heterocycles. The summed E-state index contributed by atoms with van der Waals surface area (Å²) >= 11 is 0. The van der Waals surface area contributed by atoms with Gasteiger partial charge in [0.25, 0.3) is 0 Å². The first-order valence-electron chi connectivity index (χ1n) is 0. The van der Waals surface area contributed by atoms with E-state index in [9.17, 15) is 0 Å². The van der Waals surface area contributed by atoms with Gasteiger partial charge in [0.05, 0.1) is 8.41 Å². The average molecular weight is 350 g/mol. The second kappa shape index (κ2) is 19.6. The zero-order valence-corrected chi connectivity index (χ0v) is 11.3. The third kappa shape index (κ3) is 8.95. The fraction of sp³-hybridized carbons (Fsp3) is 0. The summed E-state index contributed by atoms with van der Waals surface area (Å²) in [6.45, 7) is 0. The van der Waals surface area contributed by atoms with Crippen molar-refractivity contribution in [1.82, 2.24) is 0 Å². The molecule has 25 valence electrons. The first-order valence-corrected chi connectivity index (χ1v) is 0. The fourth-order valence-corrected chi connectivity index (χ4v) is 0. The van der Waals surface area contributed by atoms with Gasteiger partial charge < -0.3 is 0 Å². The predicted molar refractivity (Wildman–Crippen MR) is 19.9 cm³/mol. The van der Waals surface area contributed by atoms with Crippen LogP contribution in [0.2, 0.25) is 0 Å². The van der Waals surface area contributed by atoms with Crippen LogP contribution in [0.25, 0.3) is 0 Å². The summed E-state index contributed by atoms with van der Waals surface area (Å²) in [7, 11) is 0. The molecule has 0 rings (SSSR count). The van der Waals surface area contributed by atoms with E-state index >= 15 is 0 Å². The monoisotopic (exact) mass is 349 g/mol. The average Bonchev–Trinajstić information content (AvgIpc) is 0. The van der Waals surface area contributed by atoms with Gasteiger partial charge in [0, 0.05) is 36.3 Å². The maximum atomic E-state index is 0. The minimum absolute atomic E-state index is 0. The molecule has 0 saturated carbocycles. The topological polar surface area (TPSA) is 0 Å². The summed E-state index contributed by atoms with van der Waals surface area (Å²) in [5.41, 5.74) is 0. The molecule has 0 aliphatic carbocycles. The molecule has 0 nitrogen and oxygen atoms in total. The maximum Gasteiger partial charge on any atom is 0 e. The number of hydrogen-bond donors (Lipinski definition) is 0. The van der Waals surface area contributed by atoms with Gasteiger partial charge in [-0.15, -0.1) is 0 Å². The second-order valence-electron chi connectivity index (χ2n) is 0. The Bertz CT molecular complexity index is 8.00. The van der Waals surface area contributed by atoms with Gasteiger partial charge in [-0.05, 0) is 0 Å². The minimum atomic E-state index is 0. The molecule has 0 unspecified atom stereocenters. The van der Waals surface area contributed by atoms with E-state index in [0.717, 1.165) is 0 Å². The Kier molecular flexibility index (Phi) is 177. The first-order chi connectivity index (χ1) is 0. The summed E-state index contributed by atoms with van der Waals surface area (Å²) in [4.78, 5) is 0. The first kappa shape index (κ1) is 36.3. The van der Waals surface area contributed by atoms with Crippen molar-refractivity contribution in [1.29, 1.82) is 0 Å². The van der Waals surface area contributed by atoms with Gasteiger partial charge in [-0.3, -0.25) is 0 Å². The van der Waals surface area contributed by atoms with E-state index in [2.05, 4.69) is 0 Å². The van der Waals surface area contributed by atoms with Crippen LogP contribution in [0.4, 0.5) is 0 Å². The van der Waals surface area contributed by atoms with E-state index in [1.54, 1.807) is 0 Å². The van der Waals surface area contributed by atoms with E-state index in [1.165, 1.54) is 0 Å². The third-order valence-electron chi connectivity index (χ3n) is 0. The van der Waals surface area contributed by atoms with Crippen LogP contribution in [-0.4, -0.2) is 34.6 Å². The number of hydrogen-bond acceptors (Lipinski definition) is 0. The molecule has 0 amide bonds. The Balaban J connectivity index is 0. The minimum Gasteiger partial charge on any atom is 0 e. The quantitative estimate of drug-likeness (QED) is 0.429. The molecule has 4 heavy (non-hydrogen) atoms. The molecule has 0 N–H and O–H groups in total. The van der Waals surface area contributed by atoms with Crippen LogP contribution in [0.1, 0.15) is 0 Å². The predicted octanol–water partition coefficient (Wildman–Crippen LogP) is -2.37. The maximum absolute atomic E-state index is 0. The van der Waals surface area contributed by atoms with E-state index < -0.39 is 0 Å². The summed E-state index contributed by atoms with van der Waals surface area (Å²) in [6, 6.07) is 0. The fourth-order valence-electron chi connectivity index (χ4n) is 0. The SMILES string of the molecule is B.[BiH3].[Co].[Zn]. The van der Waals surface area contributed by atoms with Crippen LogP contribution in [0, 0.1) is 0 Å². The van der Waals surface area contributed by atoms with Crippen LogP contribution in [0.5, 0.6) is 0 Å². The molecule has 0 heterocycles. The van der Waals surface area contributed by atoms with Gasteiger partial charge in [-0.1, -0.05) is 0 Å². The van der Waals surface area contributed by atoms with E-state index in [1.807, 2.05) is 0 Å².